The van der Waals surface area contributed by atoms with Crippen molar-refractivity contribution in [2.45, 2.75) is 11.3 Å². The van der Waals surface area contributed by atoms with E-state index in [4.69, 9.17) is 17.3 Å². The monoisotopic (exact) mass is 280 g/mol. The highest BCUT2D eigenvalue weighted by Crippen LogP contribution is 2.21. The van der Waals surface area contributed by atoms with Crippen molar-refractivity contribution in [3.63, 3.8) is 0 Å². The van der Waals surface area contributed by atoms with Crippen molar-refractivity contribution in [3.8, 4) is 0 Å². The fourth-order valence-corrected chi connectivity index (χ4v) is 2.70. The molecule has 0 heterocycles. The average Bonchev–Trinajstić information content (AvgIpc) is 2.25. The highest BCUT2D eigenvalue weighted by Gasteiger charge is 2.23. The third kappa shape index (κ3) is 3.38. The second-order valence-electron chi connectivity index (χ2n) is 3.54. The van der Waals surface area contributed by atoms with Gasteiger partial charge in [-0.15, -0.1) is 0 Å². The molecule has 0 aliphatic rings. The number of benzene rings is 1. The van der Waals surface area contributed by atoms with Crippen LogP contribution in [0.4, 0.5) is 4.39 Å². The lowest BCUT2D eigenvalue weighted by Crippen LogP contribution is -2.29. The lowest BCUT2D eigenvalue weighted by Gasteiger charge is -2.17. The second kappa shape index (κ2) is 5.77. The van der Waals surface area contributed by atoms with E-state index >= 15 is 0 Å². The first kappa shape index (κ1) is 14.4. The molecule has 0 unspecified atom stereocenters. The number of sulfonamides is 1. The Hall–Kier alpha value is -0.690. The molecule has 0 saturated carbocycles. The summed E-state index contributed by atoms with van der Waals surface area (Å²) in [5.74, 6) is -0.850. The Morgan fingerprint density at radius 1 is 1.47 bits per heavy atom. The van der Waals surface area contributed by atoms with Gasteiger partial charge in [-0.25, -0.2) is 17.1 Å². The SMILES string of the molecule is CN(CCCN)S(=O)(=O)c1ccc(Cl)cc1F. The summed E-state index contributed by atoms with van der Waals surface area (Å²) in [4.78, 5) is -0.374. The van der Waals surface area contributed by atoms with Gasteiger partial charge in [-0.2, -0.15) is 0 Å². The van der Waals surface area contributed by atoms with Crippen LogP contribution in [0.2, 0.25) is 5.02 Å². The molecule has 1 aromatic carbocycles. The van der Waals surface area contributed by atoms with E-state index in [9.17, 15) is 12.8 Å². The number of hydrogen-bond acceptors (Lipinski definition) is 3. The van der Waals surface area contributed by atoms with Crippen LogP contribution in [-0.2, 0) is 10.0 Å². The quantitative estimate of drug-likeness (QED) is 0.888. The molecule has 4 nitrogen and oxygen atoms in total. The summed E-state index contributed by atoms with van der Waals surface area (Å²) in [6.07, 6.45) is 0.519. The predicted octanol–water partition coefficient (Wildman–Crippen LogP) is 1.45. The van der Waals surface area contributed by atoms with Crippen molar-refractivity contribution in [1.29, 1.82) is 0 Å². The van der Waals surface area contributed by atoms with E-state index in [1.807, 2.05) is 0 Å². The molecule has 17 heavy (non-hydrogen) atoms. The van der Waals surface area contributed by atoms with E-state index in [2.05, 4.69) is 0 Å². The first-order chi connectivity index (χ1) is 7.89. The second-order valence-corrected chi connectivity index (χ2v) is 5.99. The molecule has 0 spiro atoms. The van der Waals surface area contributed by atoms with E-state index in [0.29, 0.717) is 13.0 Å². The zero-order valence-electron chi connectivity index (χ0n) is 9.36. The van der Waals surface area contributed by atoms with Crippen LogP contribution in [-0.4, -0.2) is 32.9 Å². The number of rotatable bonds is 5. The largest absolute Gasteiger partial charge is 0.330 e. The van der Waals surface area contributed by atoms with Crippen molar-refractivity contribution < 1.29 is 12.8 Å². The van der Waals surface area contributed by atoms with Crippen molar-refractivity contribution in [2.24, 2.45) is 5.73 Å². The van der Waals surface area contributed by atoms with Crippen LogP contribution in [0.25, 0.3) is 0 Å². The van der Waals surface area contributed by atoms with Gasteiger partial charge in [0.25, 0.3) is 0 Å². The highest BCUT2D eigenvalue weighted by molar-refractivity contribution is 7.89. The first-order valence-electron chi connectivity index (χ1n) is 5.01. The van der Waals surface area contributed by atoms with E-state index in [0.717, 1.165) is 16.4 Å². The third-order valence-corrected chi connectivity index (χ3v) is 4.38. The molecular formula is C10H14ClFN2O2S. The molecule has 0 fully saturated rings. The Balaban J connectivity index is 3.04. The van der Waals surface area contributed by atoms with Crippen molar-refractivity contribution >= 4 is 21.6 Å². The van der Waals surface area contributed by atoms with E-state index < -0.39 is 15.8 Å². The number of hydrogen-bond donors (Lipinski definition) is 1. The molecule has 2 N–H and O–H groups in total. The molecule has 0 aliphatic carbocycles. The first-order valence-corrected chi connectivity index (χ1v) is 6.83. The zero-order valence-corrected chi connectivity index (χ0v) is 10.9. The van der Waals surface area contributed by atoms with Crippen LogP contribution in [0, 0.1) is 5.82 Å². The molecular weight excluding hydrogens is 267 g/mol. The topological polar surface area (TPSA) is 63.4 Å². The Bertz CT molecular complexity index is 493. The molecule has 1 aromatic rings. The Morgan fingerprint density at radius 2 is 2.12 bits per heavy atom. The maximum absolute atomic E-state index is 13.5. The highest BCUT2D eigenvalue weighted by atomic mass is 35.5. The van der Waals surface area contributed by atoms with Gasteiger partial charge in [-0.3, -0.25) is 0 Å². The summed E-state index contributed by atoms with van der Waals surface area (Å²) in [5, 5.41) is 0.158. The lowest BCUT2D eigenvalue weighted by atomic mass is 10.3. The van der Waals surface area contributed by atoms with Crippen LogP contribution >= 0.6 is 11.6 Å². The maximum atomic E-state index is 13.5. The molecule has 1 rings (SSSR count). The third-order valence-electron chi connectivity index (χ3n) is 2.26. The van der Waals surface area contributed by atoms with Crippen LogP contribution in [0.15, 0.2) is 23.1 Å². The maximum Gasteiger partial charge on any atom is 0.245 e. The van der Waals surface area contributed by atoms with Crippen LogP contribution < -0.4 is 5.73 Å². The summed E-state index contributed by atoms with van der Waals surface area (Å²) >= 11 is 5.57. The van der Waals surface area contributed by atoms with Gasteiger partial charge in [0.1, 0.15) is 10.7 Å². The van der Waals surface area contributed by atoms with Crippen LogP contribution in [0.5, 0.6) is 0 Å². The van der Waals surface area contributed by atoms with Gasteiger partial charge in [-0.05, 0) is 31.2 Å². The number of halogens is 2. The fraction of sp³-hybridized carbons (Fsp3) is 0.400. The minimum absolute atomic E-state index is 0.158. The van der Waals surface area contributed by atoms with Crippen molar-refractivity contribution in [2.75, 3.05) is 20.1 Å². The standard InChI is InChI=1S/C10H14ClFN2O2S/c1-14(6-2-5-13)17(15,16)10-4-3-8(11)7-9(10)12/h3-4,7H,2,5-6,13H2,1H3. The summed E-state index contributed by atoms with van der Waals surface area (Å²) in [5.41, 5.74) is 5.30. The van der Waals surface area contributed by atoms with Gasteiger partial charge < -0.3 is 5.73 Å². The average molecular weight is 281 g/mol. The fourth-order valence-electron chi connectivity index (χ4n) is 1.29. The van der Waals surface area contributed by atoms with Crippen molar-refractivity contribution in [1.82, 2.24) is 4.31 Å². The van der Waals surface area contributed by atoms with Gasteiger partial charge in [0, 0.05) is 18.6 Å². The molecule has 0 aliphatic heterocycles. The molecule has 0 bridgehead atoms. The van der Waals surface area contributed by atoms with Gasteiger partial charge in [0.15, 0.2) is 0 Å². The van der Waals surface area contributed by atoms with Gasteiger partial charge in [0.2, 0.25) is 10.0 Å². The number of nitrogens with two attached hydrogens (primary N) is 1. The normalized spacial score (nSPS) is 12.1. The van der Waals surface area contributed by atoms with E-state index in [1.54, 1.807) is 0 Å². The molecule has 7 heteroatoms. The summed E-state index contributed by atoms with van der Waals surface area (Å²) in [7, 11) is -2.43. The molecule has 0 aromatic heterocycles. The van der Waals surface area contributed by atoms with Crippen LogP contribution in [0.1, 0.15) is 6.42 Å². The Kier molecular flexibility index (Phi) is 4.88. The summed E-state index contributed by atoms with van der Waals surface area (Å²) in [6.45, 7) is 0.629. The smallest absolute Gasteiger partial charge is 0.245 e. The minimum Gasteiger partial charge on any atom is -0.330 e. The summed E-state index contributed by atoms with van der Waals surface area (Å²) in [6, 6.07) is 3.48. The van der Waals surface area contributed by atoms with Gasteiger partial charge >= 0.3 is 0 Å². The van der Waals surface area contributed by atoms with E-state index in [-0.39, 0.29) is 16.5 Å². The number of nitrogens with zero attached hydrogens (tertiary/aromatic N) is 1. The van der Waals surface area contributed by atoms with E-state index in [1.165, 1.54) is 13.1 Å². The minimum atomic E-state index is -3.81. The molecule has 0 amide bonds. The molecule has 0 saturated heterocycles. The Labute approximate surface area is 105 Å². The molecule has 96 valence electrons. The lowest BCUT2D eigenvalue weighted by molar-refractivity contribution is 0.457. The van der Waals surface area contributed by atoms with Gasteiger partial charge in [-0.1, -0.05) is 11.6 Å². The molecule has 0 atom stereocenters. The van der Waals surface area contributed by atoms with Crippen LogP contribution in [0.3, 0.4) is 0 Å². The van der Waals surface area contributed by atoms with Crippen molar-refractivity contribution in [3.05, 3.63) is 29.0 Å². The van der Waals surface area contributed by atoms with Gasteiger partial charge in [0.05, 0.1) is 0 Å². The molecule has 0 radical (unpaired) electrons. The summed E-state index contributed by atoms with van der Waals surface area (Å²) < 4.78 is 38.5. The zero-order chi connectivity index (χ0) is 13.1. The predicted molar refractivity (Wildman–Crippen MR) is 64.9 cm³/mol. The Morgan fingerprint density at radius 3 is 2.65 bits per heavy atom.